The molecule has 0 aromatic carbocycles. The van der Waals surface area contributed by atoms with Gasteiger partial charge in [0.05, 0.1) is 0 Å². The highest BCUT2D eigenvalue weighted by Crippen LogP contribution is 2.15. The van der Waals surface area contributed by atoms with Crippen LogP contribution in [0.2, 0.25) is 0 Å². The lowest BCUT2D eigenvalue weighted by Gasteiger charge is -2.09. The van der Waals surface area contributed by atoms with Gasteiger partial charge >= 0.3 is 0 Å². The molecule has 0 heterocycles. The normalized spacial score (nSPS) is 10.0. The monoisotopic (exact) mass is 112 g/mol. The fraction of sp³-hybridized carbons (Fsp3) is 0.750. The molecule has 48 valence electrons. The fourth-order valence-electron chi connectivity index (χ4n) is 0.986. The molecule has 0 aliphatic rings. The molecule has 0 saturated heterocycles. The summed E-state index contributed by atoms with van der Waals surface area (Å²) in [7, 11) is 0. The Hall–Kier alpha value is -0.260. The third-order valence-electron chi connectivity index (χ3n) is 1.68. The van der Waals surface area contributed by atoms with Crippen molar-refractivity contribution in [1.82, 2.24) is 0 Å². The Morgan fingerprint density at radius 3 is 1.75 bits per heavy atom. The average Bonchev–Trinajstić information content (AvgIpc) is 1.69. The molecule has 0 amide bonds. The predicted molar refractivity (Wildman–Crippen MR) is 38.9 cm³/mol. The van der Waals surface area contributed by atoms with E-state index in [0.717, 1.165) is 5.92 Å². The number of hydrogen-bond acceptors (Lipinski definition) is 0. The summed E-state index contributed by atoms with van der Waals surface area (Å²) in [4.78, 5) is 0. The van der Waals surface area contributed by atoms with Crippen molar-refractivity contribution in [3.63, 3.8) is 0 Å². The minimum atomic E-state index is 0.759. The van der Waals surface area contributed by atoms with Crippen LogP contribution in [0.5, 0.6) is 0 Å². The smallest absolute Gasteiger partial charge is 0.0214 e. The molecule has 0 aromatic rings. The summed E-state index contributed by atoms with van der Waals surface area (Å²) in [5.41, 5.74) is 1.33. The van der Waals surface area contributed by atoms with E-state index in [1.165, 1.54) is 18.4 Å². The molecule has 0 aliphatic heterocycles. The molecule has 0 radical (unpaired) electrons. The Morgan fingerprint density at radius 1 is 1.38 bits per heavy atom. The third kappa shape index (κ3) is 2.15. The lowest BCUT2D eigenvalue weighted by atomic mass is 9.97. The summed E-state index contributed by atoms with van der Waals surface area (Å²) in [5.74, 6) is 0.759. The van der Waals surface area contributed by atoms with Crippen LogP contribution in [0.4, 0.5) is 0 Å². The second kappa shape index (κ2) is 3.71. The molecule has 0 nitrogen and oxygen atoms in total. The van der Waals surface area contributed by atoms with Crippen molar-refractivity contribution in [1.29, 1.82) is 0 Å². The van der Waals surface area contributed by atoms with Gasteiger partial charge in [-0.05, 0) is 25.7 Å². The fourth-order valence-corrected chi connectivity index (χ4v) is 0.986. The summed E-state index contributed by atoms with van der Waals surface area (Å²) in [6.07, 6.45) is 2.48. The van der Waals surface area contributed by atoms with Gasteiger partial charge < -0.3 is 0 Å². The zero-order valence-corrected chi connectivity index (χ0v) is 6.20. The summed E-state index contributed by atoms with van der Waals surface area (Å²) < 4.78 is 0. The van der Waals surface area contributed by atoms with Gasteiger partial charge in [0.2, 0.25) is 0 Å². The summed E-state index contributed by atoms with van der Waals surface area (Å²) in [6.45, 7) is 10.4. The SMILES string of the molecule is C=C(C)C(CC)CC. The zero-order chi connectivity index (χ0) is 6.57. The molecule has 0 saturated carbocycles. The highest BCUT2D eigenvalue weighted by Gasteiger charge is 2.00. The molecule has 0 unspecified atom stereocenters. The van der Waals surface area contributed by atoms with Crippen LogP contribution in [0.15, 0.2) is 12.2 Å². The van der Waals surface area contributed by atoms with Crippen LogP contribution >= 0.6 is 0 Å². The first-order chi connectivity index (χ1) is 3.72. The number of hydrogen-bond donors (Lipinski definition) is 0. The Morgan fingerprint density at radius 2 is 1.75 bits per heavy atom. The van der Waals surface area contributed by atoms with Gasteiger partial charge in [-0.1, -0.05) is 26.0 Å². The van der Waals surface area contributed by atoms with Crippen LogP contribution in [-0.4, -0.2) is 0 Å². The van der Waals surface area contributed by atoms with Gasteiger partial charge in [-0.2, -0.15) is 0 Å². The van der Waals surface area contributed by atoms with E-state index in [-0.39, 0.29) is 0 Å². The van der Waals surface area contributed by atoms with E-state index in [4.69, 9.17) is 0 Å². The zero-order valence-electron chi connectivity index (χ0n) is 6.20. The lowest BCUT2D eigenvalue weighted by Crippen LogP contribution is -1.95. The van der Waals surface area contributed by atoms with Gasteiger partial charge in [0.15, 0.2) is 0 Å². The minimum Gasteiger partial charge on any atom is -0.0999 e. The van der Waals surface area contributed by atoms with E-state index in [9.17, 15) is 0 Å². The predicted octanol–water partition coefficient (Wildman–Crippen LogP) is 3.00. The first kappa shape index (κ1) is 7.74. The molecule has 0 atom stereocenters. The molecule has 0 rings (SSSR count). The maximum Gasteiger partial charge on any atom is -0.0214 e. The quantitative estimate of drug-likeness (QED) is 0.492. The van der Waals surface area contributed by atoms with Crippen LogP contribution in [0.1, 0.15) is 33.6 Å². The van der Waals surface area contributed by atoms with Gasteiger partial charge in [-0.15, -0.1) is 0 Å². The number of allylic oxidation sites excluding steroid dienone is 1. The lowest BCUT2D eigenvalue weighted by molar-refractivity contribution is 0.574. The molecule has 0 aromatic heterocycles. The van der Waals surface area contributed by atoms with Crippen LogP contribution in [-0.2, 0) is 0 Å². The van der Waals surface area contributed by atoms with Crippen LogP contribution < -0.4 is 0 Å². The largest absolute Gasteiger partial charge is 0.0999 e. The van der Waals surface area contributed by atoms with Gasteiger partial charge in [-0.25, -0.2) is 0 Å². The molecule has 0 spiro atoms. The first-order valence-corrected chi connectivity index (χ1v) is 3.37. The molecule has 0 bridgehead atoms. The molecular formula is C8H16. The van der Waals surface area contributed by atoms with Crippen molar-refractivity contribution in [3.8, 4) is 0 Å². The van der Waals surface area contributed by atoms with Crippen molar-refractivity contribution < 1.29 is 0 Å². The van der Waals surface area contributed by atoms with E-state index >= 15 is 0 Å². The van der Waals surface area contributed by atoms with Gasteiger partial charge in [-0.3, -0.25) is 0 Å². The number of rotatable bonds is 3. The topological polar surface area (TPSA) is 0 Å². The van der Waals surface area contributed by atoms with Gasteiger partial charge in [0.25, 0.3) is 0 Å². The van der Waals surface area contributed by atoms with Gasteiger partial charge in [0, 0.05) is 0 Å². The molecule has 0 N–H and O–H groups in total. The average molecular weight is 112 g/mol. The molecule has 8 heavy (non-hydrogen) atoms. The van der Waals surface area contributed by atoms with E-state index in [0.29, 0.717) is 0 Å². The van der Waals surface area contributed by atoms with Gasteiger partial charge in [0.1, 0.15) is 0 Å². The maximum absolute atomic E-state index is 3.90. The molecule has 0 fully saturated rings. The van der Waals surface area contributed by atoms with E-state index < -0.39 is 0 Å². The van der Waals surface area contributed by atoms with Crippen LogP contribution in [0.25, 0.3) is 0 Å². The highest BCUT2D eigenvalue weighted by atomic mass is 14.1. The van der Waals surface area contributed by atoms with E-state index in [1.807, 2.05) is 0 Å². The Kier molecular flexibility index (Phi) is 3.59. The Labute approximate surface area is 52.6 Å². The summed E-state index contributed by atoms with van der Waals surface area (Å²) in [6, 6.07) is 0. The van der Waals surface area contributed by atoms with Crippen molar-refractivity contribution in [2.75, 3.05) is 0 Å². The van der Waals surface area contributed by atoms with Crippen molar-refractivity contribution >= 4 is 0 Å². The molecule has 0 aliphatic carbocycles. The Balaban J connectivity index is 3.52. The second-order valence-electron chi connectivity index (χ2n) is 2.36. The van der Waals surface area contributed by atoms with Crippen LogP contribution in [0, 0.1) is 5.92 Å². The molecular weight excluding hydrogens is 96.1 g/mol. The van der Waals surface area contributed by atoms with Crippen molar-refractivity contribution in [2.24, 2.45) is 5.92 Å². The standard InChI is InChI=1S/C8H16/c1-5-8(6-2)7(3)4/h8H,3,5-6H2,1-2,4H3. The highest BCUT2D eigenvalue weighted by molar-refractivity contribution is 4.94. The Bertz CT molecular complexity index is 68.1. The first-order valence-electron chi connectivity index (χ1n) is 3.37. The summed E-state index contributed by atoms with van der Waals surface area (Å²) >= 11 is 0. The third-order valence-corrected chi connectivity index (χ3v) is 1.68. The van der Waals surface area contributed by atoms with Crippen molar-refractivity contribution in [3.05, 3.63) is 12.2 Å². The second-order valence-corrected chi connectivity index (χ2v) is 2.36. The van der Waals surface area contributed by atoms with Crippen LogP contribution in [0.3, 0.4) is 0 Å². The van der Waals surface area contributed by atoms with E-state index in [1.54, 1.807) is 0 Å². The van der Waals surface area contributed by atoms with Crippen molar-refractivity contribution in [2.45, 2.75) is 33.6 Å². The van der Waals surface area contributed by atoms with E-state index in [2.05, 4.69) is 27.4 Å². The molecule has 0 heteroatoms. The minimum absolute atomic E-state index is 0.759. The summed E-state index contributed by atoms with van der Waals surface area (Å²) in [5, 5.41) is 0. The maximum atomic E-state index is 3.90.